The molecule has 19 heavy (non-hydrogen) atoms. The van der Waals surface area contributed by atoms with Crippen molar-refractivity contribution in [2.45, 2.75) is 18.9 Å². The standard InChI is InChI=1S/C14H16N4O/c19-14(12-6-3-8-15-12)17-11-5-1-2-7-13(11)18-10-4-9-16-18/h1-2,4-5,7,9-10,12,15H,3,6,8H2,(H,17,19)/t12-/m1/s1. The van der Waals surface area contributed by atoms with Crippen LogP contribution in [0.15, 0.2) is 42.7 Å². The zero-order chi connectivity index (χ0) is 13.1. The van der Waals surface area contributed by atoms with Crippen LogP contribution in [-0.4, -0.2) is 28.3 Å². The number of para-hydroxylation sites is 2. The number of rotatable bonds is 3. The number of hydrogen-bond acceptors (Lipinski definition) is 3. The lowest BCUT2D eigenvalue weighted by molar-refractivity contribution is -0.117. The van der Waals surface area contributed by atoms with Gasteiger partial charge in [0.2, 0.25) is 5.91 Å². The smallest absolute Gasteiger partial charge is 0.241 e. The minimum Gasteiger partial charge on any atom is -0.323 e. The lowest BCUT2D eigenvalue weighted by atomic mass is 10.2. The van der Waals surface area contributed by atoms with E-state index in [-0.39, 0.29) is 11.9 Å². The van der Waals surface area contributed by atoms with Gasteiger partial charge in [0.05, 0.1) is 17.4 Å². The lowest BCUT2D eigenvalue weighted by Gasteiger charge is -2.14. The number of carbonyl (C=O) groups excluding carboxylic acids is 1. The average Bonchev–Trinajstić information content (AvgIpc) is 3.13. The Morgan fingerprint density at radius 2 is 2.26 bits per heavy atom. The molecule has 2 N–H and O–H groups in total. The first-order valence-corrected chi connectivity index (χ1v) is 6.48. The lowest BCUT2D eigenvalue weighted by Crippen LogP contribution is -2.35. The van der Waals surface area contributed by atoms with Gasteiger partial charge in [-0.3, -0.25) is 4.79 Å². The normalized spacial score (nSPS) is 18.4. The molecule has 5 heteroatoms. The van der Waals surface area contributed by atoms with E-state index in [4.69, 9.17) is 0 Å². The monoisotopic (exact) mass is 256 g/mol. The molecule has 0 saturated carbocycles. The molecule has 0 aliphatic carbocycles. The van der Waals surface area contributed by atoms with Crippen molar-refractivity contribution >= 4 is 11.6 Å². The fourth-order valence-electron chi connectivity index (χ4n) is 2.32. The second-order valence-electron chi connectivity index (χ2n) is 4.61. The molecular weight excluding hydrogens is 240 g/mol. The summed E-state index contributed by atoms with van der Waals surface area (Å²) in [5, 5.41) is 10.4. The second-order valence-corrected chi connectivity index (χ2v) is 4.61. The third-order valence-corrected chi connectivity index (χ3v) is 3.29. The van der Waals surface area contributed by atoms with Gasteiger partial charge in [-0.25, -0.2) is 4.68 Å². The van der Waals surface area contributed by atoms with Crippen molar-refractivity contribution in [2.75, 3.05) is 11.9 Å². The van der Waals surface area contributed by atoms with Crippen LogP contribution in [0.2, 0.25) is 0 Å². The van der Waals surface area contributed by atoms with E-state index >= 15 is 0 Å². The summed E-state index contributed by atoms with van der Waals surface area (Å²) in [6, 6.07) is 9.45. The summed E-state index contributed by atoms with van der Waals surface area (Å²) in [5.41, 5.74) is 1.66. The predicted octanol–water partition coefficient (Wildman–Crippen LogP) is 1.56. The van der Waals surface area contributed by atoms with Crippen molar-refractivity contribution in [3.8, 4) is 5.69 Å². The Morgan fingerprint density at radius 1 is 1.37 bits per heavy atom. The molecule has 98 valence electrons. The third kappa shape index (κ3) is 2.51. The van der Waals surface area contributed by atoms with Crippen LogP contribution >= 0.6 is 0 Å². The van der Waals surface area contributed by atoms with Crippen molar-refractivity contribution in [3.05, 3.63) is 42.7 Å². The first kappa shape index (κ1) is 11.9. The minimum atomic E-state index is -0.0781. The van der Waals surface area contributed by atoms with Gasteiger partial charge in [0.25, 0.3) is 0 Å². The molecule has 2 aromatic rings. The van der Waals surface area contributed by atoms with E-state index in [0.29, 0.717) is 0 Å². The molecule has 1 aliphatic rings. The van der Waals surface area contributed by atoms with E-state index in [0.717, 1.165) is 30.8 Å². The highest BCUT2D eigenvalue weighted by Gasteiger charge is 2.22. The Morgan fingerprint density at radius 3 is 3.00 bits per heavy atom. The molecule has 1 saturated heterocycles. The quantitative estimate of drug-likeness (QED) is 0.876. The number of amides is 1. The van der Waals surface area contributed by atoms with E-state index in [2.05, 4.69) is 15.7 Å². The molecule has 1 fully saturated rings. The summed E-state index contributed by atoms with van der Waals surface area (Å²) >= 11 is 0. The molecule has 1 aromatic carbocycles. The number of anilines is 1. The molecule has 1 amide bonds. The SMILES string of the molecule is O=C(Nc1ccccc1-n1cccn1)[C@H]1CCCN1. The topological polar surface area (TPSA) is 59.0 Å². The largest absolute Gasteiger partial charge is 0.323 e. The Labute approximate surface area is 111 Å². The number of nitrogens with zero attached hydrogens (tertiary/aromatic N) is 2. The zero-order valence-corrected chi connectivity index (χ0v) is 10.5. The summed E-state index contributed by atoms with van der Waals surface area (Å²) in [7, 11) is 0. The van der Waals surface area contributed by atoms with Crippen LogP contribution in [0, 0.1) is 0 Å². The third-order valence-electron chi connectivity index (χ3n) is 3.29. The zero-order valence-electron chi connectivity index (χ0n) is 10.5. The van der Waals surface area contributed by atoms with E-state index in [1.54, 1.807) is 10.9 Å². The maximum Gasteiger partial charge on any atom is 0.241 e. The number of carbonyl (C=O) groups is 1. The van der Waals surface area contributed by atoms with Crippen LogP contribution in [-0.2, 0) is 4.79 Å². The van der Waals surface area contributed by atoms with Crippen molar-refractivity contribution in [1.82, 2.24) is 15.1 Å². The maximum absolute atomic E-state index is 12.1. The molecule has 0 spiro atoms. The van der Waals surface area contributed by atoms with E-state index in [1.807, 2.05) is 36.5 Å². The van der Waals surface area contributed by atoms with Crippen LogP contribution in [0.4, 0.5) is 5.69 Å². The van der Waals surface area contributed by atoms with Crippen LogP contribution in [0.5, 0.6) is 0 Å². The van der Waals surface area contributed by atoms with Crippen LogP contribution in [0.25, 0.3) is 5.69 Å². The number of aromatic nitrogens is 2. The Balaban J connectivity index is 1.83. The van der Waals surface area contributed by atoms with Gasteiger partial charge in [0.15, 0.2) is 0 Å². The number of nitrogens with one attached hydrogen (secondary N) is 2. The summed E-state index contributed by atoms with van der Waals surface area (Å²) in [6.07, 6.45) is 5.53. The fourth-order valence-corrected chi connectivity index (χ4v) is 2.32. The highest BCUT2D eigenvalue weighted by molar-refractivity contribution is 5.96. The summed E-state index contributed by atoms with van der Waals surface area (Å²) in [6.45, 7) is 0.916. The maximum atomic E-state index is 12.1. The number of hydrogen-bond donors (Lipinski definition) is 2. The first-order chi connectivity index (χ1) is 9.34. The summed E-state index contributed by atoms with van der Waals surface area (Å²) < 4.78 is 1.75. The van der Waals surface area contributed by atoms with Crippen LogP contribution in [0.1, 0.15) is 12.8 Å². The van der Waals surface area contributed by atoms with Gasteiger partial charge in [-0.2, -0.15) is 5.10 Å². The Kier molecular flexibility index (Phi) is 3.29. The Bertz CT molecular complexity index is 559. The second kappa shape index (κ2) is 5.24. The average molecular weight is 256 g/mol. The fraction of sp³-hybridized carbons (Fsp3) is 0.286. The summed E-state index contributed by atoms with van der Waals surface area (Å²) in [5.74, 6) is 0.0251. The molecule has 5 nitrogen and oxygen atoms in total. The van der Waals surface area contributed by atoms with Gasteiger partial charge in [-0.1, -0.05) is 12.1 Å². The van der Waals surface area contributed by atoms with Crippen molar-refractivity contribution in [2.24, 2.45) is 0 Å². The molecule has 1 aromatic heterocycles. The van der Waals surface area contributed by atoms with Gasteiger partial charge < -0.3 is 10.6 Å². The molecular formula is C14H16N4O. The van der Waals surface area contributed by atoms with Crippen LogP contribution < -0.4 is 10.6 Å². The van der Waals surface area contributed by atoms with Crippen molar-refractivity contribution in [1.29, 1.82) is 0 Å². The van der Waals surface area contributed by atoms with E-state index in [9.17, 15) is 4.79 Å². The van der Waals surface area contributed by atoms with Crippen LogP contribution in [0.3, 0.4) is 0 Å². The highest BCUT2D eigenvalue weighted by Crippen LogP contribution is 2.20. The molecule has 1 atom stereocenters. The van der Waals surface area contributed by atoms with Crippen molar-refractivity contribution in [3.63, 3.8) is 0 Å². The Hall–Kier alpha value is -2.14. The van der Waals surface area contributed by atoms with Gasteiger partial charge in [-0.05, 0) is 37.6 Å². The molecule has 0 radical (unpaired) electrons. The minimum absolute atomic E-state index is 0.0251. The molecule has 0 bridgehead atoms. The summed E-state index contributed by atoms with van der Waals surface area (Å²) in [4.78, 5) is 12.1. The van der Waals surface area contributed by atoms with E-state index in [1.165, 1.54) is 0 Å². The molecule has 2 heterocycles. The van der Waals surface area contributed by atoms with Gasteiger partial charge >= 0.3 is 0 Å². The van der Waals surface area contributed by atoms with Gasteiger partial charge in [-0.15, -0.1) is 0 Å². The van der Waals surface area contributed by atoms with E-state index < -0.39 is 0 Å². The molecule has 0 unspecified atom stereocenters. The predicted molar refractivity (Wildman–Crippen MR) is 73.2 cm³/mol. The number of benzene rings is 1. The highest BCUT2D eigenvalue weighted by atomic mass is 16.2. The van der Waals surface area contributed by atoms with Gasteiger partial charge in [0.1, 0.15) is 0 Å². The molecule has 3 rings (SSSR count). The molecule has 1 aliphatic heterocycles. The van der Waals surface area contributed by atoms with Gasteiger partial charge in [0, 0.05) is 12.4 Å². The first-order valence-electron chi connectivity index (χ1n) is 6.48. The van der Waals surface area contributed by atoms with Crippen molar-refractivity contribution < 1.29 is 4.79 Å².